The van der Waals surface area contributed by atoms with E-state index in [-0.39, 0.29) is 17.3 Å². The van der Waals surface area contributed by atoms with Crippen LogP contribution >= 0.6 is 0 Å². The quantitative estimate of drug-likeness (QED) is 0.571. The number of ketones is 2. The lowest BCUT2D eigenvalue weighted by atomic mass is 9.90. The summed E-state index contributed by atoms with van der Waals surface area (Å²) in [6.07, 6.45) is 1.51. The molecule has 5 heteroatoms. The molecule has 0 fully saturated rings. The fourth-order valence-electron chi connectivity index (χ4n) is 2.80. The molecule has 1 aliphatic carbocycles. The molecule has 0 N–H and O–H groups in total. The summed E-state index contributed by atoms with van der Waals surface area (Å²) in [5, 5.41) is 0. The highest BCUT2D eigenvalue weighted by Gasteiger charge is 2.33. The van der Waals surface area contributed by atoms with E-state index in [0.29, 0.717) is 16.8 Å². The first kappa shape index (κ1) is 13.5. The number of nitrogens with zero attached hydrogens (tertiary/aromatic N) is 2. The Hall–Kier alpha value is -3.21. The molecule has 0 spiro atoms. The smallest absolute Gasteiger partial charge is 0.214 e. The first-order chi connectivity index (χ1) is 11.2. The van der Waals surface area contributed by atoms with E-state index in [4.69, 9.17) is 4.74 Å². The van der Waals surface area contributed by atoms with Crippen molar-refractivity contribution in [3.05, 3.63) is 77.4 Å². The second-order valence-corrected chi connectivity index (χ2v) is 5.21. The Morgan fingerprint density at radius 1 is 0.913 bits per heavy atom. The minimum Gasteiger partial charge on any atom is -0.497 e. The van der Waals surface area contributed by atoms with Gasteiger partial charge in [0.2, 0.25) is 11.6 Å². The molecule has 0 amide bonds. The Bertz CT molecular complexity index is 939. The van der Waals surface area contributed by atoms with Crippen LogP contribution in [-0.4, -0.2) is 28.2 Å². The average molecular weight is 304 g/mol. The minimum atomic E-state index is -0.220. The molecule has 0 saturated carbocycles. The fourth-order valence-corrected chi connectivity index (χ4v) is 2.80. The maximum atomic E-state index is 12.8. The molecule has 4 rings (SSSR count). The van der Waals surface area contributed by atoms with Crippen LogP contribution in [0.4, 0.5) is 0 Å². The van der Waals surface area contributed by atoms with E-state index in [2.05, 4.69) is 4.98 Å². The standard InChI is InChI=1S/C18H12N2O3/c1-23-12-8-6-11(7-9-12)20-10-19-15-16(20)18(22)14-5-3-2-4-13(14)17(15)21/h2-10H,1H3. The molecular weight excluding hydrogens is 292 g/mol. The Morgan fingerprint density at radius 2 is 1.57 bits per heavy atom. The molecule has 0 atom stereocenters. The van der Waals surface area contributed by atoms with E-state index in [0.717, 1.165) is 11.4 Å². The molecule has 1 aliphatic rings. The van der Waals surface area contributed by atoms with Crippen LogP contribution in [0.5, 0.6) is 5.75 Å². The first-order valence-electron chi connectivity index (χ1n) is 7.11. The average Bonchev–Trinajstić information content (AvgIpc) is 3.05. The summed E-state index contributed by atoms with van der Waals surface area (Å²) in [6.45, 7) is 0. The van der Waals surface area contributed by atoms with Gasteiger partial charge in [0, 0.05) is 16.8 Å². The predicted molar refractivity (Wildman–Crippen MR) is 83.4 cm³/mol. The molecule has 1 aromatic heterocycles. The fraction of sp³-hybridized carbons (Fsp3) is 0.0556. The highest BCUT2D eigenvalue weighted by atomic mass is 16.5. The number of fused-ring (bicyclic) bond motifs is 2. The van der Waals surface area contributed by atoms with Gasteiger partial charge >= 0.3 is 0 Å². The molecule has 23 heavy (non-hydrogen) atoms. The van der Waals surface area contributed by atoms with Crippen molar-refractivity contribution in [2.45, 2.75) is 0 Å². The van der Waals surface area contributed by atoms with Crippen LogP contribution < -0.4 is 4.74 Å². The van der Waals surface area contributed by atoms with Crippen molar-refractivity contribution in [2.24, 2.45) is 0 Å². The summed E-state index contributed by atoms with van der Waals surface area (Å²) in [6, 6.07) is 14.1. The third-order valence-electron chi connectivity index (χ3n) is 3.96. The normalized spacial score (nSPS) is 12.7. The largest absolute Gasteiger partial charge is 0.497 e. The van der Waals surface area contributed by atoms with E-state index in [9.17, 15) is 9.59 Å². The summed E-state index contributed by atoms with van der Waals surface area (Å²) in [5.74, 6) is 0.307. The highest BCUT2D eigenvalue weighted by molar-refractivity contribution is 6.27. The van der Waals surface area contributed by atoms with Crippen LogP contribution in [0, 0.1) is 0 Å². The zero-order valence-electron chi connectivity index (χ0n) is 12.3. The van der Waals surface area contributed by atoms with Gasteiger partial charge in [-0.05, 0) is 24.3 Å². The van der Waals surface area contributed by atoms with Crippen LogP contribution in [0.15, 0.2) is 54.9 Å². The molecule has 3 aromatic rings. The Labute approximate surface area is 132 Å². The van der Waals surface area contributed by atoms with Crippen LogP contribution in [0.1, 0.15) is 32.1 Å². The second kappa shape index (κ2) is 4.91. The second-order valence-electron chi connectivity index (χ2n) is 5.21. The third-order valence-corrected chi connectivity index (χ3v) is 3.96. The van der Waals surface area contributed by atoms with Gasteiger partial charge in [0.05, 0.1) is 7.11 Å². The van der Waals surface area contributed by atoms with E-state index in [1.807, 2.05) is 12.1 Å². The van der Waals surface area contributed by atoms with Gasteiger partial charge in [-0.25, -0.2) is 4.98 Å². The zero-order chi connectivity index (χ0) is 16.0. The first-order valence-corrected chi connectivity index (χ1v) is 7.11. The van der Waals surface area contributed by atoms with E-state index in [1.165, 1.54) is 6.33 Å². The lowest BCUT2D eigenvalue weighted by Gasteiger charge is -2.15. The van der Waals surface area contributed by atoms with E-state index < -0.39 is 0 Å². The van der Waals surface area contributed by atoms with Gasteiger partial charge in [-0.3, -0.25) is 14.2 Å². The van der Waals surface area contributed by atoms with E-state index in [1.54, 1.807) is 48.1 Å². The highest BCUT2D eigenvalue weighted by Crippen LogP contribution is 2.28. The zero-order valence-corrected chi connectivity index (χ0v) is 12.3. The Morgan fingerprint density at radius 3 is 2.22 bits per heavy atom. The molecular formula is C18H12N2O3. The molecule has 5 nitrogen and oxygen atoms in total. The number of methoxy groups -OCH3 is 1. The van der Waals surface area contributed by atoms with Crippen LogP contribution in [0.2, 0.25) is 0 Å². The number of hydrogen-bond donors (Lipinski definition) is 0. The number of imidazole rings is 1. The van der Waals surface area contributed by atoms with Crippen LogP contribution in [0.25, 0.3) is 5.69 Å². The van der Waals surface area contributed by atoms with Gasteiger partial charge < -0.3 is 4.74 Å². The number of benzene rings is 2. The number of ether oxygens (including phenoxy) is 1. The molecule has 0 bridgehead atoms. The molecule has 0 saturated heterocycles. The molecule has 112 valence electrons. The molecule has 0 radical (unpaired) electrons. The van der Waals surface area contributed by atoms with Crippen molar-refractivity contribution in [3.63, 3.8) is 0 Å². The maximum absolute atomic E-state index is 12.8. The van der Waals surface area contributed by atoms with Gasteiger partial charge in [-0.15, -0.1) is 0 Å². The number of carbonyl (C=O) groups excluding carboxylic acids is 2. The molecule has 0 aliphatic heterocycles. The lowest BCUT2D eigenvalue weighted by molar-refractivity contribution is 0.0972. The van der Waals surface area contributed by atoms with E-state index >= 15 is 0 Å². The van der Waals surface area contributed by atoms with Crippen molar-refractivity contribution >= 4 is 11.6 Å². The molecule has 1 heterocycles. The van der Waals surface area contributed by atoms with Crippen LogP contribution in [0.3, 0.4) is 0 Å². The lowest BCUT2D eigenvalue weighted by Crippen LogP contribution is -2.22. The van der Waals surface area contributed by atoms with Crippen molar-refractivity contribution in [1.82, 2.24) is 9.55 Å². The predicted octanol–water partition coefficient (Wildman–Crippen LogP) is 2.66. The molecule has 2 aromatic carbocycles. The third kappa shape index (κ3) is 1.90. The number of aromatic nitrogens is 2. The number of rotatable bonds is 2. The van der Waals surface area contributed by atoms with Crippen molar-refractivity contribution < 1.29 is 14.3 Å². The number of hydrogen-bond acceptors (Lipinski definition) is 4. The summed E-state index contributed by atoms with van der Waals surface area (Å²) in [7, 11) is 1.59. The summed E-state index contributed by atoms with van der Waals surface area (Å²) < 4.78 is 6.78. The summed E-state index contributed by atoms with van der Waals surface area (Å²) in [4.78, 5) is 29.5. The van der Waals surface area contributed by atoms with Crippen molar-refractivity contribution in [3.8, 4) is 11.4 Å². The SMILES string of the molecule is COc1ccc(-n2cnc3c2C(=O)c2ccccc2C3=O)cc1. The van der Waals surface area contributed by atoms with Gasteiger partial charge in [0.1, 0.15) is 23.5 Å². The monoisotopic (exact) mass is 304 g/mol. The molecule has 0 unspecified atom stereocenters. The van der Waals surface area contributed by atoms with Crippen molar-refractivity contribution in [2.75, 3.05) is 7.11 Å². The van der Waals surface area contributed by atoms with Crippen molar-refractivity contribution in [1.29, 1.82) is 0 Å². The number of carbonyl (C=O) groups is 2. The van der Waals surface area contributed by atoms with Gasteiger partial charge in [-0.1, -0.05) is 24.3 Å². The Kier molecular flexibility index (Phi) is 2.87. The van der Waals surface area contributed by atoms with Gasteiger partial charge in [0.15, 0.2) is 0 Å². The summed E-state index contributed by atoms with van der Waals surface area (Å²) in [5.41, 5.74) is 2.08. The van der Waals surface area contributed by atoms with Crippen LogP contribution in [-0.2, 0) is 0 Å². The Balaban J connectivity index is 1.89. The summed E-state index contributed by atoms with van der Waals surface area (Å²) >= 11 is 0. The topological polar surface area (TPSA) is 61.2 Å². The van der Waals surface area contributed by atoms with Gasteiger partial charge in [0.25, 0.3) is 0 Å². The van der Waals surface area contributed by atoms with Gasteiger partial charge in [-0.2, -0.15) is 0 Å². The maximum Gasteiger partial charge on any atom is 0.214 e. The minimum absolute atomic E-state index is 0.191.